The van der Waals surface area contributed by atoms with Crippen molar-refractivity contribution >= 4 is 11.9 Å². The van der Waals surface area contributed by atoms with E-state index < -0.39 is 25.2 Å². The molecular formula is C8H12O7Zn. The molecule has 0 bridgehead atoms. The van der Waals surface area contributed by atoms with Gasteiger partial charge >= 0.3 is 19.5 Å². The van der Waals surface area contributed by atoms with Gasteiger partial charge in [-0.1, -0.05) is 0 Å². The maximum atomic E-state index is 9.88. The van der Waals surface area contributed by atoms with E-state index >= 15 is 0 Å². The van der Waals surface area contributed by atoms with Crippen molar-refractivity contribution in [3.8, 4) is 0 Å². The Bertz CT molecular complexity index is 177. The van der Waals surface area contributed by atoms with Crippen LogP contribution in [0, 0.1) is 0 Å². The minimum Gasteiger partial charge on any atom is -0.548 e. The summed E-state index contributed by atoms with van der Waals surface area (Å²) in [5.41, 5.74) is 0. The summed E-state index contributed by atoms with van der Waals surface area (Å²) in [4.78, 5) is 19.8. The SMILES string of the molecule is O=C([O-])COCCOCCOCC(=O)[O-].[Zn+2]. The molecule has 0 spiro atoms. The Kier molecular flexibility index (Phi) is 13.9. The van der Waals surface area contributed by atoms with Crippen molar-refractivity contribution in [2.75, 3.05) is 39.6 Å². The number of carboxylic acids is 2. The molecule has 0 radical (unpaired) electrons. The number of rotatable bonds is 10. The van der Waals surface area contributed by atoms with Gasteiger partial charge in [0.15, 0.2) is 0 Å². The summed E-state index contributed by atoms with van der Waals surface area (Å²) < 4.78 is 14.1. The van der Waals surface area contributed by atoms with Crippen LogP contribution < -0.4 is 10.2 Å². The second kappa shape index (κ2) is 12.5. The van der Waals surface area contributed by atoms with E-state index in [2.05, 4.69) is 9.47 Å². The molecule has 7 nitrogen and oxygen atoms in total. The van der Waals surface area contributed by atoms with Crippen molar-refractivity contribution in [1.82, 2.24) is 0 Å². The fourth-order valence-corrected chi connectivity index (χ4v) is 0.649. The number of hydrogen-bond acceptors (Lipinski definition) is 7. The molecule has 88 valence electrons. The molecule has 16 heavy (non-hydrogen) atoms. The van der Waals surface area contributed by atoms with Gasteiger partial charge in [-0.2, -0.15) is 0 Å². The second-order valence-electron chi connectivity index (χ2n) is 2.46. The standard InChI is InChI=1S/C8H14O7.Zn/c9-7(10)5-14-3-1-13-2-4-15-6-8(11)12;/h1-6H2,(H,9,10)(H,11,12);/q;+2/p-2. The molecule has 0 saturated heterocycles. The molecule has 0 unspecified atom stereocenters. The van der Waals surface area contributed by atoms with Crippen molar-refractivity contribution in [3.05, 3.63) is 0 Å². The average Bonchev–Trinajstić information content (AvgIpc) is 2.14. The molecule has 0 N–H and O–H groups in total. The number of aliphatic carboxylic acids is 2. The van der Waals surface area contributed by atoms with Crippen molar-refractivity contribution in [2.24, 2.45) is 0 Å². The van der Waals surface area contributed by atoms with Gasteiger partial charge in [0, 0.05) is 0 Å². The largest absolute Gasteiger partial charge is 2.00 e. The number of ether oxygens (including phenoxy) is 3. The van der Waals surface area contributed by atoms with Crippen molar-refractivity contribution < 1.29 is 53.5 Å². The van der Waals surface area contributed by atoms with Gasteiger partial charge in [-0.25, -0.2) is 0 Å². The molecule has 0 atom stereocenters. The Morgan fingerprint density at radius 1 is 0.750 bits per heavy atom. The summed E-state index contributed by atoms with van der Waals surface area (Å²) in [5.74, 6) is -2.57. The fraction of sp³-hybridized carbons (Fsp3) is 0.750. The minimum absolute atomic E-state index is 0. The summed E-state index contributed by atoms with van der Waals surface area (Å²) >= 11 is 0. The van der Waals surface area contributed by atoms with Gasteiger partial charge in [-0.3, -0.25) is 0 Å². The first-order valence-corrected chi connectivity index (χ1v) is 4.26. The Labute approximate surface area is 105 Å². The number of hydrogen-bond donors (Lipinski definition) is 0. The molecule has 0 amide bonds. The van der Waals surface area contributed by atoms with E-state index in [1.807, 2.05) is 0 Å². The molecule has 0 aromatic heterocycles. The number of carboxylic acid groups (broad SMARTS) is 2. The van der Waals surface area contributed by atoms with Crippen LogP contribution in [0.3, 0.4) is 0 Å². The summed E-state index contributed by atoms with van der Waals surface area (Å²) in [5, 5.41) is 19.8. The third kappa shape index (κ3) is 15.9. The van der Waals surface area contributed by atoms with Crippen molar-refractivity contribution in [3.63, 3.8) is 0 Å². The van der Waals surface area contributed by atoms with Crippen molar-refractivity contribution in [2.45, 2.75) is 0 Å². The Morgan fingerprint density at radius 3 is 1.38 bits per heavy atom. The predicted octanol–water partition coefficient (Wildman–Crippen LogP) is -3.47. The van der Waals surface area contributed by atoms with E-state index in [1.165, 1.54) is 0 Å². The molecule has 8 heteroatoms. The van der Waals surface area contributed by atoms with Crippen LogP contribution >= 0.6 is 0 Å². The summed E-state index contributed by atoms with van der Waals surface area (Å²) in [6.07, 6.45) is 0. The van der Waals surface area contributed by atoms with Gasteiger partial charge in [-0.15, -0.1) is 0 Å². The third-order valence-electron chi connectivity index (χ3n) is 1.18. The smallest absolute Gasteiger partial charge is 0.548 e. The van der Waals surface area contributed by atoms with Gasteiger partial charge in [0.2, 0.25) is 0 Å². The first kappa shape index (κ1) is 17.8. The predicted molar refractivity (Wildman–Crippen MR) is 42.5 cm³/mol. The van der Waals surface area contributed by atoms with E-state index in [0.29, 0.717) is 0 Å². The maximum Gasteiger partial charge on any atom is 2.00 e. The average molecular weight is 286 g/mol. The first-order chi connectivity index (χ1) is 7.13. The molecule has 0 aliphatic heterocycles. The van der Waals surface area contributed by atoms with Crippen LogP contribution in [-0.4, -0.2) is 51.6 Å². The van der Waals surface area contributed by atoms with E-state index in [9.17, 15) is 19.8 Å². The van der Waals surface area contributed by atoms with Crippen LogP contribution in [-0.2, 0) is 43.3 Å². The Balaban J connectivity index is 0. The summed E-state index contributed by atoms with van der Waals surface area (Å²) in [6, 6.07) is 0. The van der Waals surface area contributed by atoms with Gasteiger partial charge in [0.05, 0.1) is 51.6 Å². The molecule has 0 fully saturated rings. The molecular weight excluding hydrogens is 273 g/mol. The Hall–Kier alpha value is -0.557. The van der Waals surface area contributed by atoms with E-state index in [-0.39, 0.29) is 45.9 Å². The zero-order chi connectivity index (χ0) is 11.5. The molecule has 0 saturated carbocycles. The van der Waals surface area contributed by atoms with Gasteiger partial charge in [-0.05, 0) is 0 Å². The topological polar surface area (TPSA) is 108 Å². The molecule has 0 heterocycles. The van der Waals surface area contributed by atoms with E-state index in [4.69, 9.17) is 4.74 Å². The van der Waals surface area contributed by atoms with Gasteiger partial charge < -0.3 is 34.0 Å². The number of carbonyl (C=O) groups excluding carboxylic acids is 2. The van der Waals surface area contributed by atoms with Gasteiger partial charge in [0.25, 0.3) is 0 Å². The zero-order valence-corrected chi connectivity index (χ0v) is 11.8. The van der Waals surface area contributed by atoms with E-state index in [1.54, 1.807) is 0 Å². The van der Waals surface area contributed by atoms with Crippen molar-refractivity contribution in [1.29, 1.82) is 0 Å². The summed E-state index contributed by atoms with van der Waals surface area (Å²) in [7, 11) is 0. The minimum atomic E-state index is -1.28. The van der Waals surface area contributed by atoms with Crippen LogP contribution in [0.1, 0.15) is 0 Å². The van der Waals surface area contributed by atoms with E-state index in [0.717, 1.165) is 0 Å². The monoisotopic (exact) mass is 284 g/mol. The zero-order valence-electron chi connectivity index (χ0n) is 8.81. The normalized spacial score (nSPS) is 9.50. The van der Waals surface area contributed by atoms with Crippen LogP contribution in [0.2, 0.25) is 0 Å². The second-order valence-corrected chi connectivity index (χ2v) is 2.46. The Morgan fingerprint density at radius 2 is 1.06 bits per heavy atom. The molecule has 0 rings (SSSR count). The van der Waals surface area contributed by atoms with Gasteiger partial charge in [0.1, 0.15) is 0 Å². The molecule has 0 aliphatic carbocycles. The van der Waals surface area contributed by atoms with Crippen LogP contribution in [0.5, 0.6) is 0 Å². The quantitative estimate of drug-likeness (QED) is 0.303. The number of carbonyl (C=O) groups is 2. The summed E-state index contributed by atoms with van der Waals surface area (Å²) in [6.45, 7) is -0.248. The first-order valence-electron chi connectivity index (χ1n) is 4.26. The van der Waals surface area contributed by atoms with Crippen LogP contribution in [0.4, 0.5) is 0 Å². The molecule has 0 aromatic carbocycles. The maximum absolute atomic E-state index is 9.88. The van der Waals surface area contributed by atoms with Crippen LogP contribution in [0.25, 0.3) is 0 Å². The fourth-order valence-electron chi connectivity index (χ4n) is 0.649. The molecule has 0 aromatic rings. The third-order valence-corrected chi connectivity index (χ3v) is 1.18. The molecule has 0 aliphatic rings. The van der Waals surface area contributed by atoms with Crippen LogP contribution in [0.15, 0.2) is 0 Å².